The normalized spacial score (nSPS) is 32.8. The van der Waals surface area contributed by atoms with Crippen molar-refractivity contribution in [2.45, 2.75) is 193 Å². The number of Topliss-reactive ketones (excluding diaryl/α,β-unsaturated/α-hetero) is 3. The van der Waals surface area contributed by atoms with Crippen LogP contribution in [0.15, 0.2) is 72.4 Å². The van der Waals surface area contributed by atoms with Gasteiger partial charge in [0.1, 0.15) is 36.2 Å². The smallest absolute Gasteiger partial charge is 0.407 e. The van der Waals surface area contributed by atoms with E-state index in [0.29, 0.717) is 113 Å². The molecule has 15 atom stereocenters. The van der Waals surface area contributed by atoms with Crippen LogP contribution in [0.4, 0.5) is 16.7 Å². The Hall–Kier alpha value is -6.87. The number of nitrogens with two attached hydrogens (primary N) is 1. The van der Waals surface area contributed by atoms with E-state index in [1.54, 1.807) is 53.3 Å². The Morgan fingerprint density at radius 1 is 0.783 bits per heavy atom. The van der Waals surface area contributed by atoms with Crippen molar-refractivity contribution in [3.63, 3.8) is 0 Å². The Morgan fingerprint density at radius 3 is 2.10 bits per heavy atom. The molecule has 1 aliphatic carbocycles. The fraction of sp³-hybridized carbons (Fsp3) is 0.657. The lowest BCUT2D eigenvalue weighted by molar-refractivity contribution is -0.265. The lowest BCUT2D eigenvalue weighted by Crippen LogP contribution is -2.61. The van der Waals surface area contributed by atoms with E-state index in [4.69, 9.17) is 34.2 Å². The average Bonchev–Trinajstić information content (AvgIpc) is 0.787. The van der Waals surface area contributed by atoms with Crippen LogP contribution in [0.5, 0.6) is 0 Å². The third kappa shape index (κ3) is 19.1. The molecule has 0 spiro atoms. The number of fused-ring (bicyclic) bond motifs is 3. The molecule has 2 aromatic rings. The first-order valence-electron chi connectivity index (χ1n) is 32.6. The fourth-order valence-electron chi connectivity index (χ4n) is 12.9. The summed E-state index contributed by atoms with van der Waals surface area (Å²) < 4.78 is 35.8. The third-order valence-electron chi connectivity index (χ3n) is 18.7. The minimum atomic E-state index is -2.50. The molecule has 5 aliphatic rings. The molecule has 25 heteroatoms. The zero-order chi connectivity index (χ0) is 66.8. The second-order valence-corrected chi connectivity index (χ2v) is 25.5. The number of aliphatic hydroxyl groups is 2. The highest BCUT2D eigenvalue weighted by atomic mass is 16.6. The summed E-state index contributed by atoms with van der Waals surface area (Å²) in [4.78, 5) is 120. The standard InChI is InChI=1S/C67H98N10O15/c1-11-69-61(82)48-38-72-65(73-39-48)76-27-25-75(26-28-76)64-70-35-47(36-71-64)37-74-66(85)91-53-23-21-46(32-56(53)88-9)31-50(68)55-34-52(78)42(4)30-44(6)58(80)59(89-10)57(79)43(5)29-40(2)17-13-12-14-18-41(3)54(87-8)33-49-22-20-45(7)67(86,92-49)60(81)62(83)77-24-16-15-19-51(77)63(84)90-55/h12-14,17-18,30,35-36,38-40,42-43,45-46,49-51,53-56,58-59,80,86H,11,15-16,19-29,31-34,37,68H2,1-10H3,(H,69,82)(H,74,85)/b14-12+,17-13+,41-18+,44-30+/t40-,42-,43-,45-,46+,49+,50-,51+,53-,54+,55+,56-,58-,59+,67-/m1/s1. The molecule has 92 heavy (non-hydrogen) atoms. The topological polar surface area (TPSA) is 327 Å². The first-order chi connectivity index (χ1) is 44.0. The van der Waals surface area contributed by atoms with Gasteiger partial charge < -0.3 is 69.7 Å². The first-order valence-corrected chi connectivity index (χ1v) is 32.6. The summed E-state index contributed by atoms with van der Waals surface area (Å²) in [6.45, 7) is 15.5. The van der Waals surface area contributed by atoms with Crippen LogP contribution in [0.25, 0.3) is 0 Å². The Labute approximate surface area is 540 Å². The molecular formula is C67H98N10O15. The van der Waals surface area contributed by atoms with Gasteiger partial charge >= 0.3 is 12.1 Å². The number of hydrogen-bond donors (Lipinski definition) is 5. The number of carbonyl (C=O) groups excluding carboxylic acids is 7. The summed E-state index contributed by atoms with van der Waals surface area (Å²) in [7, 11) is 4.44. The van der Waals surface area contributed by atoms with Gasteiger partial charge in [-0.15, -0.1) is 0 Å². The van der Waals surface area contributed by atoms with E-state index < -0.39 is 108 Å². The van der Waals surface area contributed by atoms with Crippen LogP contribution in [-0.2, 0) is 58.9 Å². The number of allylic oxidation sites excluding steroid dienone is 6. The number of hydrogen-bond acceptors (Lipinski definition) is 22. The zero-order valence-corrected chi connectivity index (χ0v) is 55.2. The number of rotatable bonds is 13. The molecule has 1 saturated carbocycles. The highest BCUT2D eigenvalue weighted by Crippen LogP contribution is 2.38. The number of methoxy groups -OCH3 is 3. The number of anilines is 2. The Kier molecular flexibility index (Phi) is 27.1. The largest absolute Gasteiger partial charge is 0.459 e. The summed E-state index contributed by atoms with van der Waals surface area (Å²) in [5.41, 5.74) is 9.27. The summed E-state index contributed by atoms with van der Waals surface area (Å²) in [6, 6.07) is -2.21. The maximum Gasteiger partial charge on any atom is 0.407 e. The second-order valence-electron chi connectivity index (χ2n) is 25.5. The molecule has 3 amide bonds. The number of aliphatic hydroxyl groups excluding tert-OH is 1. The molecule has 3 saturated heterocycles. The number of piperazine rings is 1. The first kappa shape index (κ1) is 72.6. The minimum absolute atomic E-state index is 0.0132. The Bertz CT molecular complexity index is 2960. The molecule has 6 heterocycles. The number of amides is 3. The molecular weight excluding hydrogens is 1180 g/mol. The molecule has 6 N–H and O–H groups in total. The van der Waals surface area contributed by atoms with E-state index >= 15 is 0 Å². The third-order valence-corrected chi connectivity index (χ3v) is 18.7. The average molecular weight is 1280 g/mol. The molecule has 0 radical (unpaired) electrons. The van der Waals surface area contributed by atoms with Crippen molar-refractivity contribution in [1.82, 2.24) is 35.5 Å². The van der Waals surface area contributed by atoms with Crippen LogP contribution in [-0.4, -0.2) is 197 Å². The van der Waals surface area contributed by atoms with E-state index in [1.807, 2.05) is 61.0 Å². The number of ketones is 3. The number of piperidine rings is 1. The van der Waals surface area contributed by atoms with Crippen LogP contribution in [0.2, 0.25) is 0 Å². The van der Waals surface area contributed by atoms with Gasteiger partial charge in [0.05, 0.1) is 23.9 Å². The van der Waals surface area contributed by atoms with Gasteiger partial charge in [-0.05, 0) is 108 Å². The van der Waals surface area contributed by atoms with E-state index in [1.165, 1.54) is 26.6 Å². The van der Waals surface area contributed by atoms with Gasteiger partial charge in [-0.3, -0.25) is 24.0 Å². The number of carbonyl (C=O) groups is 7. The Morgan fingerprint density at radius 2 is 1.46 bits per heavy atom. The van der Waals surface area contributed by atoms with E-state index in [-0.39, 0.29) is 62.3 Å². The van der Waals surface area contributed by atoms with Gasteiger partial charge in [0.25, 0.3) is 17.6 Å². The fourth-order valence-corrected chi connectivity index (χ4v) is 12.9. The number of aromatic nitrogens is 4. The molecule has 2 bridgehead atoms. The van der Waals surface area contributed by atoms with Crippen molar-refractivity contribution in [2.75, 3.05) is 70.4 Å². The highest BCUT2D eigenvalue weighted by Gasteiger charge is 2.53. The van der Waals surface area contributed by atoms with Crippen molar-refractivity contribution < 1.29 is 72.2 Å². The van der Waals surface area contributed by atoms with E-state index in [0.717, 1.165) is 10.5 Å². The van der Waals surface area contributed by atoms with Crippen LogP contribution >= 0.6 is 0 Å². The van der Waals surface area contributed by atoms with Crippen LogP contribution in [0.1, 0.15) is 141 Å². The maximum absolute atomic E-state index is 14.7. The summed E-state index contributed by atoms with van der Waals surface area (Å²) in [6.07, 6.45) is 14.5. The van der Waals surface area contributed by atoms with Gasteiger partial charge in [0, 0.05) is 134 Å². The van der Waals surface area contributed by atoms with Gasteiger partial charge in [-0.1, -0.05) is 64.2 Å². The zero-order valence-electron chi connectivity index (χ0n) is 55.2. The number of nitrogens with zero attached hydrogens (tertiary/aromatic N) is 7. The Balaban J connectivity index is 1.02. The minimum Gasteiger partial charge on any atom is -0.459 e. The second kappa shape index (κ2) is 34.3. The van der Waals surface area contributed by atoms with Crippen molar-refractivity contribution in [3.8, 4) is 0 Å². The van der Waals surface area contributed by atoms with Crippen LogP contribution < -0.4 is 26.2 Å². The molecule has 7 rings (SSSR count). The lowest BCUT2D eigenvalue weighted by atomic mass is 9.80. The van der Waals surface area contributed by atoms with Gasteiger partial charge in [0.2, 0.25) is 17.7 Å². The van der Waals surface area contributed by atoms with Crippen molar-refractivity contribution >= 4 is 53.1 Å². The molecule has 25 nitrogen and oxygen atoms in total. The highest BCUT2D eigenvalue weighted by molar-refractivity contribution is 6.39. The molecule has 2 aromatic heterocycles. The number of esters is 1. The number of ether oxygens (including phenoxy) is 6. The van der Waals surface area contributed by atoms with Crippen LogP contribution in [0, 0.1) is 29.6 Å². The van der Waals surface area contributed by atoms with Crippen molar-refractivity contribution in [1.29, 1.82) is 0 Å². The molecule has 506 valence electrons. The van der Waals surface area contributed by atoms with E-state index in [2.05, 4.69) is 30.6 Å². The maximum atomic E-state index is 14.7. The van der Waals surface area contributed by atoms with Crippen molar-refractivity contribution in [3.05, 3.63) is 83.5 Å². The summed E-state index contributed by atoms with van der Waals surface area (Å²) >= 11 is 0. The van der Waals surface area contributed by atoms with Gasteiger partial charge in [0.15, 0.2) is 5.78 Å². The monoisotopic (exact) mass is 1280 g/mol. The summed E-state index contributed by atoms with van der Waals surface area (Å²) in [5.74, 6) is -7.80. The predicted octanol–water partition coefficient (Wildman–Crippen LogP) is 5.46. The molecule has 4 fully saturated rings. The van der Waals surface area contributed by atoms with E-state index in [9.17, 15) is 43.8 Å². The summed E-state index contributed by atoms with van der Waals surface area (Å²) in [5, 5.41) is 29.2. The molecule has 0 aromatic carbocycles. The SMILES string of the molecule is CCNC(=O)c1cnc(N2CCN(c3ncc(CNC(=O)O[C@@H]4CC[C@@H](C[C@@H](N)[C@@H]5CC(=O)[C@H](C)/C=C(\C)[C@@H](O)[C@@H](OC)C(=O)[C@H](C)C[C@H](C)/C=C/C=C/C=C(\C)[C@@H](OC)C[C@@H]6CC[C@@H](C)[C@@](O)(O6)C(=O)C(=O)N6CCCC[C@H]6C(=O)O5)C[C@H]4OC)cn3)CC2)nc1. The van der Waals surface area contributed by atoms with Gasteiger partial charge in [-0.2, -0.15) is 0 Å². The predicted molar refractivity (Wildman–Crippen MR) is 342 cm³/mol. The lowest BCUT2D eigenvalue weighted by Gasteiger charge is -2.42. The quantitative estimate of drug-likeness (QED) is 0.0944. The number of alkyl carbamates (subject to hydrolysis) is 1. The van der Waals surface area contributed by atoms with Crippen LogP contribution in [0.3, 0.4) is 0 Å². The molecule has 4 aliphatic heterocycles. The number of nitrogens with one attached hydrogen (secondary N) is 2. The molecule has 0 unspecified atom stereocenters. The number of cyclic esters (lactones) is 1. The van der Waals surface area contributed by atoms with Gasteiger partial charge in [-0.25, -0.2) is 29.5 Å². The van der Waals surface area contributed by atoms with Crippen molar-refractivity contribution in [2.24, 2.45) is 35.3 Å².